The van der Waals surface area contributed by atoms with Crippen molar-refractivity contribution in [2.45, 2.75) is 26.3 Å². The number of fused-ring (bicyclic) bond motifs is 1. The second-order valence-corrected chi connectivity index (χ2v) is 9.16. The van der Waals surface area contributed by atoms with Crippen LogP contribution in [0.2, 0.25) is 0 Å². The van der Waals surface area contributed by atoms with Crippen molar-refractivity contribution in [3.8, 4) is 34.0 Å². The second kappa shape index (κ2) is 11.6. The Morgan fingerprint density at radius 3 is 2.56 bits per heavy atom. The van der Waals surface area contributed by atoms with Gasteiger partial charge in [0.05, 0.1) is 18.8 Å². The minimum absolute atomic E-state index is 0.0617. The predicted molar refractivity (Wildman–Crippen MR) is 152 cm³/mol. The molecule has 0 fully saturated rings. The lowest BCUT2D eigenvalue weighted by molar-refractivity contribution is -0.123. The normalized spacial score (nSPS) is 11.7. The van der Waals surface area contributed by atoms with E-state index in [9.17, 15) is 4.79 Å². The van der Waals surface area contributed by atoms with E-state index in [0.717, 1.165) is 39.7 Å². The quantitative estimate of drug-likeness (QED) is 0.215. The van der Waals surface area contributed by atoms with Crippen LogP contribution in [0.1, 0.15) is 20.3 Å². The number of rotatable bonds is 10. The van der Waals surface area contributed by atoms with Gasteiger partial charge in [0.1, 0.15) is 17.3 Å². The maximum atomic E-state index is 12.2. The van der Waals surface area contributed by atoms with Gasteiger partial charge in [0.15, 0.2) is 12.4 Å². The molecule has 39 heavy (non-hydrogen) atoms. The van der Waals surface area contributed by atoms with Gasteiger partial charge in [0.2, 0.25) is 0 Å². The molecule has 1 amide bonds. The van der Waals surface area contributed by atoms with E-state index < -0.39 is 0 Å². The molecular formula is C30H30N6O3. The molecule has 0 bridgehead atoms. The van der Waals surface area contributed by atoms with Gasteiger partial charge in [-0.1, -0.05) is 31.2 Å². The molecule has 0 radical (unpaired) electrons. The number of H-pyrrole nitrogens is 1. The lowest BCUT2D eigenvalue weighted by Gasteiger charge is -2.14. The summed E-state index contributed by atoms with van der Waals surface area (Å²) >= 11 is 0. The van der Waals surface area contributed by atoms with Crippen molar-refractivity contribution in [2.75, 3.05) is 19.0 Å². The van der Waals surface area contributed by atoms with Crippen molar-refractivity contribution in [3.63, 3.8) is 0 Å². The Balaban J connectivity index is 1.44. The van der Waals surface area contributed by atoms with Gasteiger partial charge in [-0.15, -0.1) is 0 Å². The molecule has 0 saturated carbocycles. The number of ether oxygens (including phenoxy) is 2. The lowest BCUT2D eigenvalue weighted by Crippen LogP contribution is -2.35. The fraction of sp³-hybridized carbons (Fsp3) is 0.200. The van der Waals surface area contributed by atoms with Crippen molar-refractivity contribution in [1.82, 2.24) is 25.5 Å². The number of nitrogens with zero attached hydrogens (tertiary/aromatic N) is 3. The molecule has 0 aliphatic heterocycles. The van der Waals surface area contributed by atoms with Crippen LogP contribution in [0.25, 0.3) is 33.4 Å². The van der Waals surface area contributed by atoms with Gasteiger partial charge in [-0.25, -0.2) is 9.97 Å². The molecule has 2 heterocycles. The smallest absolute Gasteiger partial charge is 0.258 e. The summed E-state index contributed by atoms with van der Waals surface area (Å²) < 4.78 is 11.2. The standard InChI is InChI=1S/C30H30N6O3/c1-4-19(2)33-28(37)18-39-25-7-5-6-21(14-25)29-35-27-13-12-24(38-3)15-26(27)30(36-29)34-23-10-8-20(9-11-23)22-16-31-32-17-22/h5-17,19H,4,18H2,1-3H3,(H,31,32)(H,33,37)(H,34,35,36)/t19-/m1/s1. The Bertz CT molecular complexity index is 1570. The highest BCUT2D eigenvalue weighted by Crippen LogP contribution is 2.31. The van der Waals surface area contributed by atoms with Gasteiger partial charge >= 0.3 is 0 Å². The SMILES string of the molecule is CC[C@@H](C)NC(=O)COc1cccc(-c2nc(Nc3ccc(-c4cn[nH]c4)cc3)c3cc(OC)ccc3n2)c1. The first kappa shape index (κ1) is 25.7. The number of hydrogen-bond donors (Lipinski definition) is 3. The Morgan fingerprint density at radius 2 is 1.82 bits per heavy atom. The molecule has 0 spiro atoms. The van der Waals surface area contributed by atoms with Gasteiger partial charge in [0.25, 0.3) is 5.91 Å². The number of amides is 1. The van der Waals surface area contributed by atoms with E-state index in [1.165, 1.54) is 0 Å². The first-order valence-electron chi connectivity index (χ1n) is 12.8. The fourth-order valence-electron chi connectivity index (χ4n) is 4.04. The number of aromatic nitrogens is 4. The van der Waals surface area contributed by atoms with Crippen molar-refractivity contribution in [2.24, 2.45) is 0 Å². The summed E-state index contributed by atoms with van der Waals surface area (Å²) in [5.41, 5.74) is 4.48. The van der Waals surface area contributed by atoms with Crippen LogP contribution in [0.15, 0.2) is 79.1 Å². The zero-order valence-corrected chi connectivity index (χ0v) is 22.1. The zero-order valence-electron chi connectivity index (χ0n) is 22.1. The molecule has 9 heteroatoms. The maximum absolute atomic E-state index is 12.2. The lowest BCUT2D eigenvalue weighted by atomic mass is 10.1. The van der Waals surface area contributed by atoms with Crippen LogP contribution in [0.5, 0.6) is 11.5 Å². The summed E-state index contributed by atoms with van der Waals surface area (Å²) in [6, 6.07) is 21.3. The topological polar surface area (TPSA) is 114 Å². The van der Waals surface area contributed by atoms with Crippen molar-refractivity contribution >= 4 is 28.3 Å². The molecular weight excluding hydrogens is 492 g/mol. The van der Waals surface area contributed by atoms with Crippen LogP contribution in [0.3, 0.4) is 0 Å². The Kier molecular flexibility index (Phi) is 7.68. The molecule has 0 aliphatic carbocycles. The molecule has 9 nitrogen and oxygen atoms in total. The van der Waals surface area contributed by atoms with Crippen LogP contribution in [-0.2, 0) is 4.79 Å². The van der Waals surface area contributed by atoms with Crippen LogP contribution in [0, 0.1) is 0 Å². The van der Waals surface area contributed by atoms with Crippen molar-refractivity contribution in [1.29, 1.82) is 0 Å². The summed E-state index contributed by atoms with van der Waals surface area (Å²) in [5.74, 6) is 2.29. The van der Waals surface area contributed by atoms with E-state index in [0.29, 0.717) is 23.1 Å². The van der Waals surface area contributed by atoms with Gasteiger partial charge in [-0.3, -0.25) is 9.89 Å². The molecule has 198 valence electrons. The summed E-state index contributed by atoms with van der Waals surface area (Å²) in [4.78, 5) is 21.8. The van der Waals surface area contributed by atoms with Crippen LogP contribution < -0.4 is 20.1 Å². The number of nitrogens with one attached hydrogen (secondary N) is 3. The number of hydrogen-bond acceptors (Lipinski definition) is 7. The number of anilines is 2. The monoisotopic (exact) mass is 522 g/mol. The molecule has 3 N–H and O–H groups in total. The van der Waals surface area contributed by atoms with Gasteiger partial charge in [-0.2, -0.15) is 5.10 Å². The zero-order chi connectivity index (χ0) is 27.2. The highest BCUT2D eigenvalue weighted by molar-refractivity contribution is 5.93. The second-order valence-electron chi connectivity index (χ2n) is 9.16. The third-order valence-corrected chi connectivity index (χ3v) is 6.36. The number of aromatic amines is 1. The molecule has 0 saturated heterocycles. The van der Waals surface area contributed by atoms with E-state index in [4.69, 9.17) is 19.4 Å². The Morgan fingerprint density at radius 1 is 0.974 bits per heavy atom. The van der Waals surface area contributed by atoms with Crippen LogP contribution in [-0.4, -0.2) is 45.8 Å². The first-order valence-corrected chi connectivity index (χ1v) is 12.8. The van der Waals surface area contributed by atoms with E-state index in [-0.39, 0.29) is 18.6 Å². The Hall–Kier alpha value is -4.92. The molecule has 5 aromatic rings. The minimum Gasteiger partial charge on any atom is -0.497 e. The first-order chi connectivity index (χ1) is 19.0. The Labute approximate surface area is 226 Å². The van der Waals surface area contributed by atoms with Crippen LogP contribution >= 0.6 is 0 Å². The molecule has 0 unspecified atom stereocenters. The summed E-state index contributed by atoms with van der Waals surface area (Å²) in [5, 5.41) is 14.0. The molecule has 5 rings (SSSR count). The number of methoxy groups -OCH3 is 1. The van der Waals surface area contributed by atoms with E-state index in [1.54, 1.807) is 13.3 Å². The largest absolute Gasteiger partial charge is 0.497 e. The maximum Gasteiger partial charge on any atom is 0.258 e. The van der Waals surface area contributed by atoms with E-state index in [1.807, 2.05) is 86.8 Å². The molecule has 0 aliphatic rings. The highest BCUT2D eigenvalue weighted by Gasteiger charge is 2.13. The van der Waals surface area contributed by atoms with Crippen molar-refractivity contribution < 1.29 is 14.3 Å². The fourth-order valence-corrected chi connectivity index (χ4v) is 4.04. The molecule has 3 aromatic carbocycles. The average Bonchev–Trinajstić information content (AvgIpc) is 3.51. The average molecular weight is 523 g/mol. The summed E-state index contributed by atoms with van der Waals surface area (Å²) in [6.07, 6.45) is 4.50. The van der Waals surface area contributed by atoms with Crippen LogP contribution in [0.4, 0.5) is 11.5 Å². The predicted octanol–water partition coefficient (Wildman–Crippen LogP) is 5.73. The van der Waals surface area contributed by atoms with Gasteiger partial charge in [-0.05, 0) is 61.4 Å². The third kappa shape index (κ3) is 6.15. The minimum atomic E-state index is -0.157. The summed E-state index contributed by atoms with van der Waals surface area (Å²) in [6.45, 7) is 3.92. The molecule has 1 atom stereocenters. The number of carbonyl (C=O) groups excluding carboxylic acids is 1. The van der Waals surface area contributed by atoms with E-state index in [2.05, 4.69) is 20.8 Å². The van der Waals surface area contributed by atoms with Gasteiger partial charge < -0.3 is 20.1 Å². The molecule has 2 aromatic heterocycles. The number of carbonyl (C=O) groups is 1. The summed E-state index contributed by atoms with van der Waals surface area (Å²) in [7, 11) is 1.63. The number of benzene rings is 3. The highest BCUT2D eigenvalue weighted by atomic mass is 16.5. The van der Waals surface area contributed by atoms with Gasteiger partial charge in [0, 0.05) is 34.4 Å². The third-order valence-electron chi connectivity index (χ3n) is 6.36. The van der Waals surface area contributed by atoms with E-state index >= 15 is 0 Å². The van der Waals surface area contributed by atoms with Crippen molar-refractivity contribution in [3.05, 3.63) is 79.1 Å².